The van der Waals surface area contributed by atoms with Gasteiger partial charge in [-0.2, -0.15) is 4.98 Å². The predicted octanol–water partition coefficient (Wildman–Crippen LogP) is 4.04. The molecule has 2 aromatic rings. The molecular formula is C13H14BrClN4. The Bertz CT molecular complexity index is 539. The summed E-state index contributed by atoms with van der Waals surface area (Å²) in [6.07, 6.45) is 0.920. The Morgan fingerprint density at radius 1 is 1.32 bits per heavy atom. The molecule has 2 rings (SSSR count). The highest BCUT2D eigenvalue weighted by Gasteiger charge is 2.10. The number of hydrogen-bond donors (Lipinski definition) is 2. The van der Waals surface area contributed by atoms with Crippen molar-refractivity contribution in [2.45, 2.75) is 19.4 Å². The third kappa shape index (κ3) is 3.81. The van der Waals surface area contributed by atoms with Crippen LogP contribution in [0.1, 0.15) is 24.9 Å². The minimum atomic E-state index is 0.151. The monoisotopic (exact) mass is 340 g/mol. The van der Waals surface area contributed by atoms with E-state index in [4.69, 9.17) is 17.3 Å². The highest BCUT2D eigenvalue weighted by atomic mass is 79.9. The minimum absolute atomic E-state index is 0.151. The third-order valence-electron chi connectivity index (χ3n) is 2.71. The highest BCUT2D eigenvalue weighted by molar-refractivity contribution is 9.10. The Morgan fingerprint density at radius 2 is 2.00 bits per heavy atom. The SMILES string of the molecule is CCC(Nc1cc(Cl)nc(N)n1)c1ccc(Br)cc1. The molecule has 0 saturated heterocycles. The predicted molar refractivity (Wildman–Crippen MR) is 82.3 cm³/mol. The quantitative estimate of drug-likeness (QED) is 0.824. The van der Waals surface area contributed by atoms with Crippen LogP contribution in [0.25, 0.3) is 0 Å². The fraction of sp³-hybridized carbons (Fsp3) is 0.231. The number of nitrogen functional groups attached to an aromatic ring is 1. The number of nitrogens with one attached hydrogen (secondary N) is 1. The van der Waals surface area contributed by atoms with Crippen LogP contribution in [0.2, 0.25) is 5.15 Å². The first-order valence-electron chi connectivity index (χ1n) is 5.90. The van der Waals surface area contributed by atoms with Gasteiger partial charge < -0.3 is 11.1 Å². The summed E-state index contributed by atoms with van der Waals surface area (Å²) in [5.41, 5.74) is 6.76. The van der Waals surface area contributed by atoms with Crippen LogP contribution in [-0.4, -0.2) is 9.97 Å². The lowest BCUT2D eigenvalue weighted by molar-refractivity contribution is 0.744. The van der Waals surface area contributed by atoms with Gasteiger partial charge >= 0.3 is 0 Å². The van der Waals surface area contributed by atoms with Gasteiger partial charge in [0.1, 0.15) is 11.0 Å². The second kappa shape index (κ2) is 6.21. The lowest BCUT2D eigenvalue weighted by Gasteiger charge is -2.18. The summed E-state index contributed by atoms with van der Waals surface area (Å²) < 4.78 is 1.06. The average molecular weight is 342 g/mol. The zero-order valence-electron chi connectivity index (χ0n) is 10.4. The van der Waals surface area contributed by atoms with E-state index in [1.807, 2.05) is 12.1 Å². The normalized spacial score (nSPS) is 12.2. The zero-order chi connectivity index (χ0) is 13.8. The number of hydrogen-bond acceptors (Lipinski definition) is 4. The zero-order valence-corrected chi connectivity index (χ0v) is 12.7. The second-order valence-electron chi connectivity index (χ2n) is 4.09. The molecule has 1 atom stereocenters. The van der Waals surface area contributed by atoms with E-state index < -0.39 is 0 Å². The van der Waals surface area contributed by atoms with Gasteiger partial charge in [0.15, 0.2) is 0 Å². The number of nitrogens with two attached hydrogens (primary N) is 1. The topological polar surface area (TPSA) is 63.8 Å². The van der Waals surface area contributed by atoms with Gasteiger partial charge in [-0.3, -0.25) is 0 Å². The van der Waals surface area contributed by atoms with Crippen molar-refractivity contribution in [3.63, 3.8) is 0 Å². The summed E-state index contributed by atoms with van der Waals surface area (Å²) in [6, 6.07) is 9.98. The molecule has 1 aromatic heterocycles. The van der Waals surface area contributed by atoms with Gasteiger partial charge in [-0.15, -0.1) is 0 Å². The van der Waals surface area contributed by atoms with Gasteiger partial charge in [0.05, 0.1) is 6.04 Å². The smallest absolute Gasteiger partial charge is 0.223 e. The standard InChI is InChI=1S/C13H14BrClN4/c1-2-10(8-3-5-9(14)6-4-8)17-12-7-11(15)18-13(16)19-12/h3-7,10H,2H2,1H3,(H3,16,17,18,19). The molecular weight excluding hydrogens is 328 g/mol. The maximum atomic E-state index is 5.87. The van der Waals surface area contributed by atoms with Crippen molar-refractivity contribution >= 4 is 39.3 Å². The van der Waals surface area contributed by atoms with Crippen molar-refractivity contribution in [2.75, 3.05) is 11.1 Å². The number of aromatic nitrogens is 2. The molecule has 0 fully saturated rings. The molecule has 0 aliphatic carbocycles. The van der Waals surface area contributed by atoms with E-state index in [-0.39, 0.29) is 12.0 Å². The van der Waals surface area contributed by atoms with Gasteiger partial charge in [0.25, 0.3) is 0 Å². The summed E-state index contributed by atoms with van der Waals surface area (Å²) in [6.45, 7) is 2.10. The van der Waals surface area contributed by atoms with Crippen molar-refractivity contribution in [1.29, 1.82) is 0 Å². The molecule has 0 saturated carbocycles. The summed E-state index contributed by atoms with van der Waals surface area (Å²) in [5, 5.41) is 3.65. The summed E-state index contributed by atoms with van der Waals surface area (Å²) in [5.74, 6) is 0.799. The third-order valence-corrected chi connectivity index (χ3v) is 3.44. The first-order valence-corrected chi connectivity index (χ1v) is 7.07. The first-order chi connectivity index (χ1) is 9.08. The highest BCUT2D eigenvalue weighted by Crippen LogP contribution is 2.24. The van der Waals surface area contributed by atoms with E-state index >= 15 is 0 Å². The molecule has 100 valence electrons. The number of halogens is 2. The van der Waals surface area contributed by atoms with Crippen LogP contribution < -0.4 is 11.1 Å². The minimum Gasteiger partial charge on any atom is -0.368 e. The fourth-order valence-electron chi connectivity index (χ4n) is 1.80. The largest absolute Gasteiger partial charge is 0.368 e. The number of benzene rings is 1. The van der Waals surface area contributed by atoms with Crippen LogP contribution >= 0.6 is 27.5 Å². The molecule has 1 aromatic carbocycles. The van der Waals surface area contributed by atoms with Gasteiger partial charge in [0.2, 0.25) is 5.95 Å². The van der Waals surface area contributed by atoms with Crippen LogP contribution in [0.15, 0.2) is 34.8 Å². The average Bonchev–Trinajstić information content (AvgIpc) is 2.36. The molecule has 3 N–H and O–H groups in total. The van der Waals surface area contributed by atoms with E-state index in [1.54, 1.807) is 6.07 Å². The molecule has 0 spiro atoms. The Hall–Kier alpha value is -1.33. The Balaban J connectivity index is 2.21. The molecule has 0 radical (unpaired) electrons. The number of rotatable bonds is 4. The first kappa shape index (κ1) is 14.1. The molecule has 4 nitrogen and oxygen atoms in total. The van der Waals surface area contributed by atoms with Crippen LogP contribution in [0.3, 0.4) is 0 Å². The van der Waals surface area contributed by atoms with Crippen LogP contribution in [0, 0.1) is 0 Å². The lowest BCUT2D eigenvalue weighted by Crippen LogP contribution is -2.11. The molecule has 1 unspecified atom stereocenters. The van der Waals surface area contributed by atoms with Crippen molar-refractivity contribution in [1.82, 2.24) is 9.97 Å². The van der Waals surface area contributed by atoms with Crippen molar-refractivity contribution in [2.24, 2.45) is 0 Å². The van der Waals surface area contributed by atoms with Gasteiger partial charge in [-0.1, -0.05) is 46.6 Å². The maximum absolute atomic E-state index is 5.87. The molecule has 1 heterocycles. The number of nitrogens with zero attached hydrogens (tertiary/aromatic N) is 2. The number of anilines is 2. The van der Waals surface area contributed by atoms with Crippen LogP contribution in [-0.2, 0) is 0 Å². The van der Waals surface area contributed by atoms with Crippen LogP contribution in [0.4, 0.5) is 11.8 Å². The molecule has 0 aliphatic rings. The molecule has 0 amide bonds. The molecule has 19 heavy (non-hydrogen) atoms. The Labute approximate surface area is 125 Å². The van der Waals surface area contributed by atoms with Crippen molar-refractivity contribution in [3.05, 3.63) is 45.5 Å². The lowest BCUT2D eigenvalue weighted by atomic mass is 10.0. The summed E-state index contributed by atoms with van der Waals surface area (Å²) in [7, 11) is 0. The maximum Gasteiger partial charge on any atom is 0.223 e. The Kier molecular flexibility index (Phi) is 4.61. The van der Waals surface area contributed by atoms with E-state index in [1.165, 1.54) is 5.56 Å². The van der Waals surface area contributed by atoms with Crippen LogP contribution in [0.5, 0.6) is 0 Å². The van der Waals surface area contributed by atoms with Crippen molar-refractivity contribution in [3.8, 4) is 0 Å². The fourth-order valence-corrected chi connectivity index (χ4v) is 2.26. The van der Waals surface area contributed by atoms with E-state index in [0.29, 0.717) is 11.0 Å². The second-order valence-corrected chi connectivity index (χ2v) is 5.39. The van der Waals surface area contributed by atoms with E-state index in [9.17, 15) is 0 Å². The Morgan fingerprint density at radius 3 is 2.58 bits per heavy atom. The summed E-state index contributed by atoms with van der Waals surface area (Å²) in [4.78, 5) is 7.96. The van der Waals surface area contributed by atoms with Gasteiger partial charge in [-0.05, 0) is 24.1 Å². The van der Waals surface area contributed by atoms with E-state index in [0.717, 1.165) is 10.9 Å². The van der Waals surface area contributed by atoms with E-state index in [2.05, 4.69) is 50.3 Å². The molecule has 6 heteroatoms. The van der Waals surface area contributed by atoms with Gasteiger partial charge in [0, 0.05) is 10.5 Å². The molecule has 0 aliphatic heterocycles. The molecule has 0 bridgehead atoms. The van der Waals surface area contributed by atoms with Crippen molar-refractivity contribution < 1.29 is 0 Å². The summed E-state index contributed by atoms with van der Waals surface area (Å²) >= 11 is 9.29. The van der Waals surface area contributed by atoms with Gasteiger partial charge in [-0.25, -0.2) is 4.98 Å².